The number of hydrogen-bond acceptors (Lipinski definition) is 3. The molecule has 1 aromatic carbocycles. The van der Waals surface area contributed by atoms with Gasteiger partial charge in [0.05, 0.1) is 0 Å². The molecule has 0 bridgehead atoms. The fraction of sp³-hybridized carbons (Fsp3) is 0.400. The van der Waals surface area contributed by atoms with Crippen molar-refractivity contribution < 1.29 is 28.3 Å². The minimum Gasteiger partial charge on any atom is -0.480 e. The Morgan fingerprint density at radius 1 is 1.14 bits per heavy atom. The van der Waals surface area contributed by atoms with E-state index in [4.69, 9.17) is 5.11 Å². The molecule has 22 heavy (non-hydrogen) atoms. The Bertz CT molecular complexity index is 587. The molecule has 0 saturated carbocycles. The van der Waals surface area contributed by atoms with E-state index in [0.717, 1.165) is 18.2 Å². The summed E-state index contributed by atoms with van der Waals surface area (Å²) in [5, 5.41) is 11.3. The number of aliphatic carboxylic acids is 1. The first kappa shape index (κ1) is 17.7. The maximum atomic E-state index is 13.0. The molecule has 0 radical (unpaired) electrons. The number of nitrogens with one attached hydrogen (secondary N) is 1. The number of ketones is 1. The van der Waals surface area contributed by atoms with Crippen LogP contribution in [0.2, 0.25) is 0 Å². The van der Waals surface area contributed by atoms with Crippen molar-refractivity contribution in [3.63, 3.8) is 0 Å². The highest BCUT2D eigenvalue weighted by atomic mass is 19.2. The van der Waals surface area contributed by atoms with Gasteiger partial charge < -0.3 is 10.4 Å². The van der Waals surface area contributed by atoms with E-state index in [1.165, 1.54) is 0 Å². The Labute approximate surface area is 126 Å². The van der Waals surface area contributed by atoms with E-state index in [1.807, 2.05) is 0 Å². The molecule has 1 aromatic rings. The van der Waals surface area contributed by atoms with Crippen LogP contribution in [-0.2, 0) is 9.59 Å². The Morgan fingerprint density at radius 2 is 1.77 bits per heavy atom. The average molecular weight is 313 g/mol. The quantitative estimate of drug-likeness (QED) is 0.756. The van der Waals surface area contributed by atoms with Gasteiger partial charge in [-0.15, -0.1) is 0 Å². The summed E-state index contributed by atoms with van der Waals surface area (Å²) in [5.41, 5.74) is -0.0367. The van der Waals surface area contributed by atoms with Gasteiger partial charge in [-0.3, -0.25) is 9.59 Å². The molecule has 0 aliphatic carbocycles. The van der Waals surface area contributed by atoms with Gasteiger partial charge in [0.25, 0.3) is 0 Å². The third-order valence-electron chi connectivity index (χ3n) is 3.07. The van der Waals surface area contributed by atoms with Gasteiger partial charge in [0.2, 0.25) is 5.91 Å². The van der Waals surface area contributed by atoms with E-state index < -0.39 is 35.3 Å². The van der Waals surface area contributed by atoms with Crippen molar-refractivity contribution in [2.75, 3.05) is 0 Å². The second-order valence-electron chi connectivity index (χ2n) is 5.18. The molecule has 0 aliphatic rings. The fourth-order valence-electron chi connectivity index (χ4n) is 1.80. The molecule has 0 aliphatic heterocycles. The standard InChI is InChI=1S/C15H17F2NO4/c1-8(2)14(15(21)22)18-13(20)6-5-12(19)9-3-4-10(16)11(17)7-9/h3-4,7-8,14H,5-6H2,1-2H3,(H,18,20)(H,21,22)/t14-/m1/s1. The molecule has 0 aromatic heterocycles. The van der Waals surface area contributed by atoms with Gasteiger partial charge in [0, 0.05) is 18.4 Å². The van der Waals surface area contributed by atoms with Gasteiger partial charge >= 0.3 is 5.97 Å². The lowest BCUT2D eigenvalue weighted by Gasteiger charge is -2.17. The first-order chi connectivity index (χ1) is 10.2. The van der Waals surface area contributed by atoms with Crippen LogP contribution in [0.3, 0.4) is 0 Å². The zero-order valence-electron chi connectivity index (χ0n) is 12.2. The lowest BCUT2D eigenvalue weighted by molar-refractivity contribution is -0.143. The third-order valence-corrected chi connectivity index (χ3v) is 3.07. The number of hydrogen-bond donors (Lipinski definition) is 2. The number of halogens is 2. The van der Waals surface area contributed by atoms with Crippen LogP contribution < -0.4 is 5.32 Å². The number of Topliss-reactive ketones (excluding diaryl/α,β-unsaturated/α-hetero) is 1. The van der Waals surface area contributed by atoms with Crippen molar-refractivity contribution in [2.24, 2.45) is 5.92 Å². The van der Waals surface area contributed by atoms with E-state index in [9.17, 15) is 23.2 Å². The monoisotopic (exact) mass is 313 g/mol. The zero-order chi connectivity index (χ0) is 16.9. The van der Waals surface area contributed by atoms with E-state index in [-0.39, 0.29) is 24.3 Å². The molecular weight excluding hydrogens is 296 g/mol. The Balaban J connectivity index is 2.58. The van der Waals surface area contributed by atoms with E-state index >= 15 is 0 Å². The Morgan fingerprint density at radius 3 is 2.27 bits per heavy atom. The van der Waals surface area contributed by atoms with Crippen molar-refractivity contribution in [1.82, 2.24) is 5.32 Å². The average Bonchev–Trinajstić information content (AvgIpc) is 2.44. The molecule has 5 nitrogen and oxygen atoms in total. The molecule has 1 amide bonds. The van der Waals surface area contributed by atoms with Gasteiger partial charge in [0.15, 0.2) is 17.4 Å². The smallest absolute Gasteiger partial charge is 0.326 e. The first-order valence-electron chi connectivity index (χ1n) is 6.72. The van der Waals surface area contributed by atoms with Crippen LogP contribution in [-0.4, -0.2) is 28.8 Å². The summed E-state index contributed by atoms with van der Waals surface area (Å²) in [6.45, 7) is 3.29. The molecule has 7 heteroatoms. The third kappa shape index (κ3) is 4.91. The SMILES string of the molecule is CC(C)[C@@H](NC(=O)CCC(=O)c1ccc(F)c(F)c1)C(=O)O. The summed E-state index contributed by atoms with van der Waals surface area (Å²) < 4.78 is 25.8. The summed E-state index contributed by atoms with van der Waals surface area (Å²) in [6, 6.07) is 1.70. The summed E-state index contributed by atoms with van der Waals surface area (Å²) >= 11 is 0. The number of rotatable bonds is 7. The molecule has 0 spiro atoms. The molecule has 0 heterocycles. The maximum absolute atomic E-state index is 13.0. The first-order valence-corrected chi connectivity index (χ1v) is 6.72. The molecule has 1 atom stereocenters. The molecular formula is C15H17F2NO4. The van der Waals surface area contributed by atoms with Crippen LogP contribution in [0.4, 0.5) is 8.78 Å². The molecule has 120 valence electrons. The Hall–Kier alpha value is -2.31. The zero-order valence-corrected chi connectivity index (χ0v) is 12.2. The number of benzene rings is 1. The van der Waals surface area contributed by atoms with E-state index in [2.05, 4.69) is 5.32 Å². The molecule has 1 rings (SSSR count). The topological polar surface area (TPSA) is 83.5 Å². The lowest BCUT2D eigenvalue weighted by Crippen LogP contribution is -2.44. The van der Waals surface area contributed by atoms with Gasteiger partial charge in [-0.2, -0.15) is 0 Å². The van der Waals surface area contributed by atoms with Crippen molar-refractivity contribution >= 4 is 17.7 Å². The predicted molar refractivity (Wildman–Crippen MR) is 74.3 cm³/mol. The number of carbonyl (C=O) groups is 3. The minimum absolute atomic E-state index is 0.0367. The van der Waals surface area contributed by atoms with Crippen molar-refractivity contribution in [3.05, 3.63) is 35.4 Å². The normalized spacial score (nSPS) is 12.0. The Kier molecular flexibility index (Phi) is 6.15. The number of carboxylic acids is 1. The summed E-state index contributed by atoms with van der Waals surface area (Å²) in [6.07, 6.45) is -0.449. The largest absolute Gasteiger partial charge is 0.480 e. The second-order valence-corrected chi connectivity index (χ2v) is 5.18. The van der Waals surface area contributed by atoms with Crippen LogP contribution in [0.1, 0.15) is 37.0 Å². The van der Waals surface area contributed by atoms with Gasteiger partial charge in [-0.1, -0.05) is 13.8 Å². The van der Waals surface area contributed by atoms with Gasteiger partial charge in [-0.25, -0.2) is 13.6 Å². The van der Waals surface area contributed by atoms with Crippen LogP contribution in [0.5, 0.6) is 0 Å². The van der Waals surface area contributed by atoms with Gasteiger partial charge in [-0.05, 0) is 24.1 Å². The number of carboxylic acid groups (broad SMARTS) is 1. The van der Waals surface area contributed by atoms with E-state index in [0.29, 0.717) is 0 Å². The summed E-state index contributed by atoms with van der Waals surface area (Å²) in [5.74, 6) is -4.77. The molecule has 0 unspecified atom stereocenters. The molecule has 2 N–H and O–H groups in total. The molecule has 0 fully saturated rings. The van der Waals surface area contributed by atoms with Crippen molar-refractivity contribution in [2.45, 2.75) is 32.7 Å². The minimum atomic E-state index is -1.16. The number of carbonyl (C=O) groups excluding carboxylic acids is 2. The predicted octanol–water partition coefficient (Wildman–Crippen LogP) is 2.15. The van der Waals surface area contributed by atoms with Crippen LogP contribution in [0, 0.1) is 17.6 Å². The van der Waals surface area contributed by atoms with Crippen LogP contribution in [0.15, 0.2) is 18.2 Å². The number of amides is 1. The highest BCUT2D eigenvalue weighted by molar-refractivity contribution is 5.98. The van der Waals surface area contributed by atoms with E-state index in [1.54, 1.807) is 13.8 Å². The van der Waals surface area contributed by atoms with Crippen LogP contribution >= 0.6 is 0 Å². The maximum Gasteiger partial charge on any atom is 0.326 e. The van der Waals surface area contributed by atoms with Crippen LogP contribution in [0.25, 0.3) is 0 Å². The van der Waals surface area contributed by atoms with Gasteiger partial charge in [0.1, 0.15) is 6.04 Å². The second kappa shape index (κ2) is 7.63. The van der Waals surface area contributed by atoms with Crippen molar-refractivity contribution in [1.29, 1.82) is 0 Å². The highest BCUT2D eigenvalue weighted by Crippen LogP contribution is 2.12. The highest BCUT2D eigenvalue weighted by Gasteiger charge is 2.23. The summed E-state index contributed by atoms with van der Waals surface area (Å²) in [4.78, 5) is 34.4. The lowest BCUT2D eigenvalue weighted by atomic mass is 10.0. The van der Waals surface area contributed by atoms with Crippen molar-refractivity contribution in [3.8, 4) is 0 Å². The summed E-state index contributed by atoms with van der Waals surface area (Å²) in [7, 11) is 0. The molecule has 0 saturated heterocycles. The fourth-order valence-corrected chi connectivity index (χ4v) is 1.80.